The zero-order valence-electron chi connectivity index (χ0n) is 20.1. The third-order valence-electron chi connectivity index (χ3n) is 9.60. The second kappa shape index (κ2) is 8.71. The number of aliphatic hydroxyl groups is 1. The molecule has 34 heavy (non-hydrogen) atoms. The van der Waals surface area contributed by atoms with Crippen LogP contribution in [0.4, 0.5) is 4.79 Å². The average molecular weight is 463 g/mol. The Morgan fingerprint density at radius 2 is 1.85 bits per heavy atom. The van der Waals surface area contributed by atoms with Crippen LogP contribution < -0.4 is 10.6 Å². The summed E-state index contributed by atoms with van der Waals surface area (Å²) in [4.78, 5) is 17.2. The molecule has 6 nitrogen and oxygen atoms in total. The Hall–Kier alpha value is -2.34. The molecular formula is C28H38N4O2. The summed E-state index contributed by atoms with van der Waals surface area (Å²) in [6.07, 6.45) is 17.3. The number of carbonyl (C=O) groups excluding carboxylic acids is 1. The Morgan fingerprint density at radius 3 is 2.68 bits per heavy atom. The highest BCUT2D eigenvalue weighted by Crippen LogP contribution is 2.54. The number of hydrogen-bond donors (Lipinski definition) is 3. The predicted molar refractivity (Wildman–Crippen MR) is 132 cm³/mol. The average Bonchev–Trinajstić information content (AvgIpc) is 3.32. The van der Waals surface area contributed by atoms with Crippen molar-refractivity contribution in [1.82, 2.24) is 20.2 Å². The van der Waals surface area contributed by atoms with E-state index in [2.05, 4.69) is 44.5 Å². The molecule has 2 aromatic rings. The number of imidazole rings is 1. The number of benzene rings is 1. The molecule has 182 valence electrons. The molecule has 2 unspecified atom stereocenters. The molecule has 4 fully saturated rings. The van der Waals surface area contributed by atoms with Crippen molar-refractivity contribution in [3.63, 3.8) is 0 Å². The molecule has 5 aliphatic rings. The molecule has 2 bridgehead atoms. The van der Waals surface area contributed by atoms with Crippen LogP contribution in [0.2, 0.25) is 0 Å². The van der Waals surface area contributed by atoms with Crippen LogP contribution in [0.5, 0.6) is 0 Å². The summed E-state index contributed by atoms with van der Waals surface area (Å²) < 4.78 is 2.24. The molecule has 4 saturated carbocycles. The zero-order chi connectivity index (χ0) is 23.2. The number of fused-ring (bicyclic) bond motifs is 7. The van der Waals surface area contributed by atoms with Gasteiger partial charge in [0.05, 0.1) is 30.4 Å². The molecule has 1 aromatic carbocycles. The molecule has 2 amide bonds. The van der Waals surface area contributed by atoms with Crippen molar-refractivity contribution in [3.8, 4) is 11.3 Å². The summed E-state index contributed by atoms with van der Waals surface area (Å²) in [5.74, 6) is 0. The number of hydrogen-bond acceptors (Lipinski definition) is 3. The van der Waals surface area contributed by atoms with Crippen molar-refractivity contribution < 1.29 is 9.90 Å². The molecule has 0 spiro atoms. The lowest BCUT2D eigenvalue weighted by molar-refractivity contribution is -0.0239. The summed E-state index contributed by atoms with van der Waals surface area (Å²) in [5, 5.41) is 18.3. The minimum Gasteiger partial charge on any atom is -0.392 e. The van der Waals surface area contributed by atoms with Gasteiger partial charge in [0.2, 0.25) is 0 Å². The zero-order valence-corrected chi connectivity index (χ0v) is 20.1. The normalized spacial score (nSPS) is 31.4. The highest BCUT2D eigenvalue weighted by molar-refractivity contribution is 5.75. The Balaban J connectivity index is 1.13. The van der Waals surface area contributed by atoms with Gasteiger partial charge in [-0.1, -0.05) is 49.9 Å². The number of amides is 2. The van der Waals surface area contributed by atoms with Gasteiger partial charge in [-0.05, 0) is 68.8 Å². The number of aliphatic hydroxyl groups excluding tert-OH is 1. The molecule has 0 saturated heterocycles. The molecule has 2 atom stereocenters. The third kappa shape index (κ3) is 3.84. The van der Waals surface area contributed by atoms with E-state index < -0.39 is 0 Å². The van der Waals surface area contributed by atoms with E-state index in [1.165, 1.54) is 30.4 Å². The molecule has 1 aliphatic heterocycles. The number of nitrogens with one attached hydrogen (secondary N) is 2. The second-order valence-corrected chi connectivity index (χ2v) is 11.5. The molecular weight excluding hydrogens is 424 g/mol. The van der Waals surface area contributed by atoms with Crippen molar-refractivity contribution in [2.24, 2.45) is 5.41 Å². The maximum Gasteiger partial charge on any atom is 0.315 e. The number of nitrogens with zero attached hydrogens (tertiary/aromatic N) is 2. The molecule has 3 N–H and O–H groups in total. The monoisotopic (exact) mass is 462 g/mol. The van der Waals surface area contributed by atoms with Crippen LogP contribution in [0.25, 0.3) is 11.3 Å². The van der Waals surface area contributed by atoms with Crippen LogP contribution >= 0.6 is 0 Å². The Morgan fingerprint density at radius 1 is 1.06 bits per heavy atom. The van der Waals surface area contributed by atoms with Crippen molar-refractivity contribution in [2.75, 3.05) is 0 Å². The van der Waals surface area contributed by atoms with Crippen LogP contribution in [-0.4, -0.2) is 38.4 Å². The van der Waals surface area contributed by atoms with Crippen molar-refractivity contribution in [2.45, 2.75) is 107 Å². The lowest BCUT2D eigenvalue weighted by Gasteiger charge is -2.46. The third-order valence-corrected chi connectivity index (χ3v) is 9.60. The van der Waals surface area contributed by atoms with Gasteiger partial charge in [-0.2, -0.15) is 0 Å². The molecule has 6 heteroatoms. The summed E-state index contributed by atoms with van der Waals surface area (Å²) in [7, 11) is 0. The first-order chi connectivity index (χ1) is 16.6. The maximum atomic E-state index is 12.8. The quantitative estimate of drug-likeness (QED) is 0.563. The van der Waals surface area contributed by atoms with Crippen molar-refractivity contribution >= 4 is 6.03 Å². The van der Waals surface area contributed by atoms with Gasteiger partial charge < -0.3 is 20.3 Å². The van der Waals surface area contributed by atoms with E-state index in [0.717, 1.165) is 69.9 Å². The van der Waals surface area contributed by atoms with E-state index in [1.54, 1.807) is 0 Å². The minimum absolute atomic E-state index is 0.0250. The molecule has 0 radical (unpaired) electrons. The Kier molecular flexibility index (Phi) is 5.67. The summed E-state index contributed by atoms with van der Waals surface area (Å²) in [5.41, 5.74) is 3.55. The standard InChI is InChI=1S/C28H38N4O2/c33-25(17-23-21-9-4-5-10-22(21)24-18-29-19-32(23)24)27-11-6-12-28(15-13-27,16-14-27)31-26(34)30-20-7-2-1-3-8-20/h4-5,9-10,18-20,23,25,33H,1-3,6-8,11-17H2,(H2,30,31,34). The van der Waals surface area contributed by atoms with E-state index in [9.17, 15) is 9.90 Å². The largest absolute Gasteiger partial charge is 0.392 e. The second-order valence-electron chi connectivity index (χ2n) is 11.5. The maximum absolute atomic E-state index is 12.8. The lowest BCUT2D eigenvalue weighted by Crippen LogP contribution is -2.56. The number of rotatable bonds is 5. The predicted octanol–water partition coefficient (Wildman–Crippen LogP) is 5.32. The van der Waals surface area contributed by atoms with Crippen molar-refractivity contribution in [1.29, 1.82) is 0 Å². The van der Waals surface area contributed by atoms with Gasteiger partial charge in [-0.3, -0.25) is 0 Å². The molecule has 1 aromatic heterocycles. The molecule has 2 heterocycles. The van der Waals surface area contributed by atoms with Gasteiger partial charge in [0.25, 0.3) is 0 Å². The van der Waals surface area contributed by atoms with E-state index in [1.807, 2.05) is 12.5 Å². The van der Waals surface area contributed by atoms with Crippen LogP contribution in [0.15, 0.2) is 36.8 Å². The van der Waals surface area contributed by atoms with Gasteiger partial charge in [0.1, 0.15) is 0 Å². The smallest absolute Gasteiger partial charge is 0.315 e. The first-order valence-electron chi connectivity index (χ1n) is 13.5. The van der Waals surface area contributed by atoms with E-state index in [0.29, 0.717) is 6.04 Å². The van der Waals surface area contributed by atoms with E-state index >= 15 is 0 Å². The summed E-state index contributed by atoms with van der Waals surface area (Å²) in [6, 6.07) is 9.05. The van der Waals surface area contributed by atoms with Gasteiger partial charge in [0, 0.05) is 17.1 Å². The molecule has 7 rings (SSSR count). The minimum atomic E-state index is -0.355. The Labute approximate surface area is 202 Å². The van der Waals surface area contributed by atoms with Crippen LogP contribution in [0.1, 0.15) is 95.1 Å². The first kappa shape index (κ1) is 22.1. The topological polar surface area (TPSA) is 79.2 Å². The number of aromatic nitrogens is 2. The van der Waals surface area contributed by atoms with Crippen LogP contribution in [0.3, 0.4) is 0 Å². The highest BCUT2D eigenvalue weighted by atomic mass is 16.3. The van der Waals surface area contributed by atoms with Gasteiger partial charge in [-0.25, -0.2) is 9.78 Å². The number of urea groups is 1. The fraction of sp³-hybridized carbons (Fsp3) is 0.643. The van der Waals surface area contributed by atoms with Crippen LogP contribution in [0, 0.1) is 5.41 Å². The SMILES string of the molecule is O=C(NC1CCCCC1)NC12CCCC(C(O)CC3c4ccccc4-c4cncn43)(CC1)CC2. The number of carbonyl (C=O) groups is 1. The lowest BCUT2D eigenvalue weighted by atomic mass is 9.64. The summed E-state index contributed by atoms with van der Waals surface area (Å²) in [6.45, 7) is 0. The van der Waals surface area contributed by atoms with Crippen LogP contribution in [-0.2, 0) is 0 Å². The van der Waals surface area contributed by atoms with Gasteiger partial charge in [0.15, 0.2) is 0 Å². The van der Waals surface area contributed by atoms with Crippen molar-refractivity contribution in [3.05, 3.63) is 42.4 Å². The first-order valence-corrected chi connectivity index (χ1v) is 13.5. The molecule has 4 aliphatic carbocycles. The summed E-state index contributed by atoms with van der Waals surface area (Å²) >= 11 is 0. The Bertz CT molecular complexity index is 1030. The van der Waals surface area contributed by atoms with E-state index in [4.69, 9.17) is 0 Å². The fourth-order valence-corrected chi connectivity index (χ4v) is 7.54. The highest BCUT2D eigenvalue weighted by Gasteiger charge is 2.50. The van der Waals surface area contributed by atoms with E-state index in [-0.39, 0.29) is 29.1 Å². The van der Waals surface area contributed by atoms with Gasteiger partial charge >= 0.3 is 6.03 Å². The fourth-order valence-electron chi connectivity index (χ4n) is 7.54. The van der Waals surface area contributed by atoms with Gasteiger partial charge in [-0.15, -0.1) is 0 Å².